The summed E-state index contributed by atoms with van der Waals surface area (Å²) in [6, 6.07) is 19.7. The zero-order valence-electron chi connectivity index (χ0n) is 17.8. The molecule has 0 unspecified atom stereocenters. The minimum Gasteiger partial charge on any atom is -0.378 e. The van der Waals surface area contributed by atoms with Crippen LogP contribution in [0.25, 0.3) is 21.5 Å². The first-order valence-electron chi connectivity index (χ1n) is 10.5. The Balaban J connectivity index is 1.62. The van der Waals surface area contributed by atoms with Gasteiger partial charge in [-0.1, -0.05) is 60.7 Å². The van der Waals surface area contributed by atoms with Crippen molar-refractivity contribution in [3.8, 4) is 0 Å². The number of aliphatic hydroxyl groups is 1. The molecule has 4 rings (SSSR count). The molecular weight excluding hydrogens is 445 g/mol. The van der Waals surface area contributed by atoms with E-state index in [2.05, 4.69) is 5.32 Å². The van der Waals surface area contributed by atoms with E-state index in [4.69, 9.17) is 5.73 Å². The molecule has 2 amide bonds. The largest absolute Gasteiger partial charge is 0.416 e. The second-order valence-electron chi connectivity index (χ2n) is 7.99. The highest BCUT2D eigenvalue weighted by Gasteiger charge is 2.31. The second-order valence-corrected chi connectivity index (χ2v) is 7.99. The standard InChI is InChI=1S/C26H21F3N2O3/c27-26(28,29)18-11-9-15(10-12-18)23(32)25(34)31-22(24(30)33)14-21-19-7-3-1-5-16(19)13-17-6-2-4-8-20(17)21/h1-13,22-23,32H,14H2,(H2,30,33)(H,31,34)/t22-,23+/m0/s1. The SMILES string of the molecule is NC(=O)[C@H](Cc1c2ccccc2cc2ccccc12)NC(=O)[C@H](O)c1ccc(C(F)(F)F)cc1. The number of nitrogens with one attached hydrogen (secondary N) is 1. The van der Waals surface area contributed by atoms with Crippen LogP contribution in [0.2, 0.25) is 0 Å². The molecule has 4 aromatic carbocycles. The van der Waals surface area contributed by atoms with Crippen LogP contribution in [0.3, 0.4) is 0 Å². The van der Waals surface area contributed by atoms with Gasteiger partial charge in [0, 0.05) is 6.42 Å². The summed E-state index contributed by atoms with van der Waals surface area (Å²) in [6.45, 7) is 0. The lowest BCUT2D eigenvalue weighted by Gasteiger charge is -2.20. The molecule has 0 spiro atoms. The first-order valence-corrected chi connectivity index (χ1v) is 10.5. The Hall–Kier alpha value is -3.91. The average Bonchev–Trinajstić information content (AvgIpc) is 2.82. The van der Waals surface area contributed by atoms with Crippen molar-refractivity contribution < 1.29 is 27.9 Å². The maximum absolute atomic E-state index is 12.8. The zero-order valence-corrected chi connectivity index (χ0v) is 17.8. The number of primary amides is 1. The topological polar surface area (TPSA) is 92.4 Å². The quantitative estimate of drug-likeness (QED) is 0.371. The zero-order chi connectivity index (χ0) is 24.5. The van der Waals surface area contributed by atoms with Gasteiger partial charge in [0.2, 0.25) is 5.91 Å². The molecule has 0 aliphatic heterocycles. The van der Waals surface area contributed by atoms with Crippen LogP contribution in [0.15, 0.2) is 78.9 Å². The molecule has 8 heteroatoms. The lowest BCUT2D eigenvalue weighted by molar-refractivity contribution is -0.137. The number of alkyl halides is 3. The summed E-state index contributed by atoms with van der Waals surface area (Å²) < 4.78 is 38.3. The van der Waals surface area contributed by atoms with E-state index in [-0.39, 0.29) is 12.0 Å². The number of aliphatic hydroxyl groups excluding tert-OH is 1. The fourth-order valence-corrected chi connectivity index (χ4v) is 4.01. The van der Waals surface area contributed by atoms with Crippen LogP contribution in [0.4, 0.5) is 13.2 Å². The van der Waals surface area contributed by atoms with Gasteiger partial charge >= 0.3 is 6.18 Å². The Morgan fingerprint density at radius 3 is 1.91 bits per heavy atom. The number of amides is 2. The third-order valence-corrected chi connectivity index (χ3v) is 5.75. The highest BCUT2D eigenvalue weighted by atomic mass is 19.4. The first kappa shape index (κ1) is 23.3. The Morgan fingerprint density at radius 2 is 1.41 bits per heavy atom. The van der Waals surface area contributed by atoms with Crippen molar-refractivity contribution in [3.05, 3.63) is 95.6 Å². The number of nitrogens with two attached hydrogens (primary N) is 1. The lowest BCUT2D eigenvalue weighted by Crippen LogP contribution is -2.47. The summed E-state index contributed by atoms with van der Waals surface area (Å²) in [5, 5.41) is 16.5. The smallest absolute Gasteiger partial charge is 0.378 e. The van der Waals surface area contributed by atoms with Crippen molar-refractivity contribution in [2.45, 2.75) is 24.7 Å². The number of rotatable bonds is 6. The van der Waals surface area contributed by atoms with Crippen molar-refractivity contribution in [3.63, 3.8) is 0 Å². The molecule has 4 N–H and O–H groups in total. The van der Waals surface area contributed by atoms with Crippen molar-refractivity contribution in [2.75, 3.05) is 0 Å². The van der Waals surface area contributed by atoms with Crippen LogP contribution in [0.5, 0.6) is 0 Å². The minimum absolute atomic E-state index is 0.0377. The number of halogens is 3. The summed E-state index contributed by atoms with van der Waals surface area (Å²) in [6.07, 6.45) is -6.24. The maximum Gasteiger partial charge on any atom is 0.416 e. The number of hydrogen-bond donors (Lipinski definition) is 3. The van der Waals surface area contributed by atoms with Gasteiger partial charge in [-0.25, -0.2) is 0 Å². The fourth-order valence-electron chi connectivity index (χ4n) is 4.01. The summed E-state index contributed by atoms with van der Waals surface area (Å²) in [5.41, 5.74) is 5.44. The van der Waals surface area contributed by atoms with Gasteiger partial charge in [-0.2, -0.15) is 13.2 Å². The predicted molar refractivity (Wildman–Crippen MR) is 123 cm³/mol. The van der Waals surface area contributed by atoms with E-state index in [9.17, 15) is 27.9 Å². The summed E-state index contributed by atoms with van der Waals surface area (Å²) >= 11 is 0. The van der Waals surface area contributed by atoms with Gasteiger partial charge in [-0.3, -0.25) is 9.59 Å². The molecule has 0 radical (unpaired) electrons. The Bertz CT molecular complexity index is 1310. The molecule has 0 saturated heterocycles. The predicted octanol–water partition coefficient (Wildman–Crippen LogP) is 4.26. The number of fused-ring (bicyclic) bond motifs is 2. The Labute approximate surface area is 193 Å². The van der Waals surface area contributed by atoms with Crippen LogP contribution in [-0.4, -0.2) is 23.0 Å². The minimum atomic E-state index is -4.54. The Morgan fingerprint density at radius 1 is 0.882 bits per heavy atom. The molecule has 34 heavy (non-hydrogen) atoms. The van der Waals surface area contributed by atoms with Crippen LogP contribution < -0.4 is 11.1 Å². The molecule has 4 aromatic rings. The molecule has 0 aliphatic carbocycles. The molecule has 2 atom stereocenters. The van der Waals surface area contributed by atoms with E-state index in [1.54, 1.807) is 0 Å². The van der Waals surface area contributed by atoms with Crippen LogP contribution in [-0.2, 0) is 22.2 Å². The molecule has 0 bridgehead atoms. The van der Waals surface area contributed by atoms with E-state index in [0.717, 1.165) is 51.4 Å². The monoisotopic (exact) mass is 466 g/mol. The van der Waals surface area contributed by atoms with Crippen molar-refractivity contribution in [2.24, 2.45) is 5.73 Å². The van der Waals surface area contributed by atoms with Gasteiger partial charge in [0.05, 0.1) is 5.56 Å². The second kappa shape index (κ2) is 9.15. The van der Waals surface area contributed by atoms with Gasteiger partial charge in [-0.05, 0) is 50.9 Å². The number of hydrogen-bond acceptors (Lipinski definition) is 3. The summed E-state index contributed by atoms with van der Waals surface area (Å²) in [4.78, 5) is 24.9. The van der Waals surface area contributed by atoms with Gasteiger partial charge in [0.25, 0.3) is 5.91 Å². The third kappa shape index (κ3) is 4.72. The average molecular weight is 466 g/mol. The number of carbonyl (C=O) groups excluding carboxylic acids is 2. The van der Waals surface area contributed by atoms with E-state index in [0.29, 0.717) is 0 Å². The molecule has 0 heterocycles. The fraction of sp³-hybridized carbons (Fsp3) is 0.154. The van der Waals surface area contributed by atoms with Crippen molar-refractivity contribution in [1.29, 1.82) is 0 Å². The van der Waals surface area contributed by atoms with Crippen LogP contribution in [0.1, 0.15) is 22.8 Å². The van der Waals surface area contributed by atoms with Crippen molar-refractivity contribution in [1.82, 2.24) is 5.32 Å². The Kier molecular flexibility index (Phi) is 6.26. The molecule has 0 fully saturated rings. The third-order valence-electron chi connectivity index (χ3n) is 5.75. The highest BCUT2D eigenvalue weighted by molar-refractivity contribution is 6.03. The molecule has 0 aliphatic rings. The van der Waals surface area contributed by atoms with Gasteiger partial charge < -0.3 is 16.2 Å². The highest BCUT2D eigenvalue weighted by Crippen LogP contribution is 2.31. The summed E-state index contributed by atoms with van der Waals surface area (Å²) in [5.74, 6) is -1.74. The van der Waals surface area contributed by atoms with Gasteiger partial charge in [0.1, 0.15) is 6.04 Å². The normalized spacial score (nSPS) is 13.5. The van der Waals surface area contributed by atoms with E-state index in [1.165, 1.54) is 0 Å². The van der Waals surface area contributed by atoms with E-state index in [1.807, 2.05) is 54.6 Å². The molecule has 174 valence electrons. The maximum atomic E-state index is 12.8. The van der Waals surface area contributed by atoms with Gasteiger partial charge in [-0.15, -0.1) is 0 Å². The van der Waals surface area contributed by atoms with Crippen molar-refractivity contribution >= 4 is 33.4 Å². The molecule has 0 saturated carbocycles. The number of carbonyl (C=O) groups is 2. The first-order chi connectivity index (χ1) is 16.1. The molecule has 5 nitrogen and oxygen atoms in total. The molecule has 0 aromatic heterocycles. The summed E-state index contributed by atoms with van der Waals surface area (Å²) in [7, 11) is 0. The van der Waals surface area contributed by atoms with Crippen LogP contribution >= 0.6 is 0 Å². The molecular formula is C26H21F3N2O3. The number of benzene rings is 4. The van der Waals surface area contributed by atoms with Crippen LogP contribution in [0, 0.1) is 0 Å². The van der Waals surface area contributed by atoms with E-state index >= 15 is 0 Å². The lowest BCUT2D eigenvalue weighted by atomic mass is 9.92. The van der Waals surface area contributed by atoms with E-state index < -0.39 is 35.7 Å². The van der Waals surface area contributed by atoms with Gasteiger partial charge in [0.15, 0.2) is 6.10 Å².